The van der Waals surface area contributed by atoms with Gasteiger partial charge in [-0.1, -0.05) is 45.4 Å². The molecule has 5 heteroatoms. The van der Waals surface area contributed by atoms with Gasteiger partial charge in [0.15, 0.2) is 0 Å². The van der Waals surface area contributed by atoms with E-state index in [1.54, 1.807) is 18.2 Å². The fraction of sp³-hybridized carbons (Fsp3) is 0.571. The van der Waals surface area contributed by atoms with Gasteiger partial charge in [0, 0.05) is 13.1 Å². The Hall–Kier alpha value is -1.29. The van der Waals surface area contributed by atoms with Gasteiger partial charge in [0.05, 0.1) is 4.92 Å². The predicted octanol–water partition coefficient (Wildman–Crippen LogP) is 4.37. The van der Waals surface area contributed by atoms with Crippen molar-refractivity contribution >= 4 is 23.0 Å². The second kappa shape index (κ2) is 6.75. The molecule has 1 aromatic rings. The largest absolute Gasteiger partial charge is 0.365 e. The summed E-state index contributed by atoms with van der Waals surface area (Å²) in [4.78, 5) is 12.9. The molecule has 0 fully saturated rings. The molecule has 0 saturated carbocycles. The van der Waals surface area contributed by atoms with Crippen molar-refractivity contribution in [1.82, 2.24) is 0 Å². The summed E-state index contributed by atoms with van der Waals surface area (Å²) in [5, 5.41) is 11.4. The normalized spacial score (nSPS) is 11.1. The van der Waals surface area contributed by atoms with Crippen LogP contribution in [0, 0.1) is 22.0 Å². The van der Waals surface area contributed by atoms with E-state index in [-0.39, 0.29) is 10.7 Å². The van der Waals surface area contributed by atoms with Crippen molar-refractivity contribution in [2.45, 2.75) is 27.7 Å². The van der Waals surface area contributed by atoms with E-state index >= 15 is 0 Å². The van der Waals surface area contributed by atoms with Crippen LogP contribution < -0.4 is 4.90 Å². The fourth-order valence-electron chi connectivity index (χ4n) is 2.09. The molecule has 0 spiro atoms. The van der Waals surface area contributed by atoms with Crippen molar-refractivity contribution in [2.24, 2.45) is 11.8 Å². The average molecular weight is 285 g/mol. The first kappa shape index (κ1) is 15.8. The summed E-state index contributed by atoms with van der Waals surface area (Å²) in [6.07, 6.45) is 0. The monoisotopic (exact) mass is 284 g/mol. The lowest BCUT2D eigenvalue weighted by molar-refractivity contribution is -0.384. The summed E-state index contributed by atoms with van der Waals surface area (Å²) in [7, 11) is 0. The lowest BCUT2D eigenvalue weighted by Crippen LogP contribution is -2.31. The molecule has 0 radical (unpaired) electrons. The van der Waals surface area contributed by atoms with E-state index in [0.717, 1.165) is 13.1 Å². The maximum absolute atomic E-state index is 11.2. The van der Waals surface area contributed by atoms with Crippen LogP contribution in [0.1, 0.15) is 27.7 Å². The van der Waals surface area contributed by atoms with E-state index in [2.05, 4.69) is 32.6 Å². The fourth-order valence-corrected chi connectivity index (χ4v) is 2.33. The zero-order valence-corrected chi connectivity index (χ0v) is 12.6. The molecule has 0 aliphatic carbocycles. The Balaban J connectivity index is 3.21. The topological polar surface area (TPSA) is 46.4 Å². The van der Waals surface area contributed by atoms with E-state index in [1.807, 2.05) is 0 Å². The number of benzene rings is 1. The first-order chi connectivity index (χ1) is 8.82. The van der Waals surface area contributed by atoms with E-state index in [0.29, 0.717) is 17.5 Å². The van der Waals surface area contributed by atoms with Gasteiger partial charge in [-0.05, 0) is 24.0 Å². The molecule has 0 aliphatic rings. The maximum atomic E-state index is 11.2. The van der Waals surface area contributed by atoms with Crippen LogP contribution in [0.3, 0.4) is 0 Å². The third kappa shape index (κ3) is 4.39. The van der Waals surface area contributed by atoms with E-state index < -0.39 is 4.92 Å². The van der Waals surface area contributed by atoms with Gasteiger partial charge in [-0.15, -0.1) is 0 Å². The first-order valence-electron chi connectivity index (χ1n) is 6.50. The van der Waals surface area contributed by atoms with Crippen LogP contribution in [-0.4, -0.2) is 18.0 Å². The van der Waals surface area contributed by atoms with Gasteiger partial charge in [0.25, 0.3) is 0 Å². The standard InChI is InChI=1S/C14H21ClN2O2/c1-10(2)8-16(9-11(3)4)13-7-5-6-12(15)14(13)17(18)19/h5-7,10-11H,8-9H2,1-4H3. The Kier molecular flexibility index (Phi) is 5.60. The molecule has 1 rings (SSSR count). The predicted molar refractivity (Wildman–Crippen MR) is 80.0 cm³/mol. The minimum absolute atomic E-state index is 0.00506. The molecule has 0 saturated heterocycles. The summed E-state index contributed by atoms with van der Waals surface area (Å²) in [6.45, 7) is 9.96. The van der Waals surface area contributed by atoms with Gasteiger partial charge >= 0.3 is 5.69 Å². The van der Waals surface area contributed by atoms with E-state index in [9.17, 15) is 10.1 Å². The van der Waals surface area contributed by atoms with Crippen molar-refractivity contribution in [2.75, 3.05) is 18.0 Å². The van der Waals surface area contributed by atoms with Crippen LogP contribution >= 0.6 is 11.6 Å². The molecule has 0 atom stereocenters. The quantitative estimate of drug-likeness (QED) is 0.576. The number of nitro benzene ring substituents is 1. The molecule has 1 aromatic carbocycles. The van der Waals surface area contributed by atoms with Crippen molar-refractivity contribution in [1.29, 1.82) is 0 Å². The average Bonchev–Trinajstić information content (AvgIpc) is 2.25. The van der Waals surface area contributed by atoms with Gasteiger partial charge in [0.2, 0.25) is 0 Å². The minimum atomic E-state index is -0.397. The Morgan fingerprint density at radius 3 is 2.16 bits per heavy atom. The molecule has 0 unspecified atom stereocenters. The summed E-state index contributed by atoms with van der Waals surface area (Å²) in [5.41, 5.74) is 0.616. The summed E-state index contributed by atoms with van der Waals surface area (Å²) < 4.78 is 0. The molecule has 0 bridgehead atoms. The van der Waals surface area contributed by atoms with Crippen LogP contribution in [0.25, 0.3) is 0 Å². The summed E-state index contributed by atoms with van der Waals surface area (Å²) in [5.74, 6) is 0.856. The van der Waals surface area contributed by atoms with Crippen molar-refractivity contribution in [3.63, 3.8) is 0 Å². The number of hydrogen-bond acceptors (Lipinski definition) is 3. The molecule has 106 valence electrons. The van der Waals surface area contributed by atoms with Crippen LogP contribution in [0.2, 0.25) is 5.02 Å². The Labute approximate surface area is 119 Å². The van der Waals surface area contributed by atoms with Crippen molar-refractivity contribution in [3.05, 3.63) is 33.3 Å². The maximum Gasteiger partial charge on any atom is 0.310 e. The Bertz CT molecular complexity index is 437. The van der Waals surface area contributed by atoms with Gasteiger partial charge in [-0.3, -0.25) is 10.1 Å². The van der Waals surface area contributed by atoms with Crippen LogP contribution in [0.4, 0.5) is 11.4 Å². The number of anilines is 1. The summed E-state index contributed by atoms with van der Waals surface area (Å²) >= 11 is 5.97. The minimum Gasteiger partial charge on any atom is -0.365 e. The molecular formula is C14H21ClN2O2. The number of para-hydroxylation sites is 1. The van der Waals surface area contributed by atoms with Crippen LogP contribution in [0.5, 0.6) is 0 Å². The zero-order chi connectivity index (χ0) is 14.6. The van der Waals surface area contributed by atoms with Gasteiger partial charge < -0.3 is 4.90 Å². The van der Waals surface area contributed by atoms with Gasteiger partial charge in [-0.2, -0.15) is 0 Å². The highest BCUT2D eigenvalue weighted by molar-refractivity contribution is 6.33. The van der Waals surface area contributed by atoms with Crippen LogP contribution in [-0.2, 0) is 0 Å². The highest BCUT2D eigenvalue weighted by Crippen LogP contribution is 2.35. The molecule has 4 nitrogen and oxygen atoms in total. The van der Waals surface area contributed by atoms with Gasteiger partial charge in [0.1, 0.15) is 10.7 Å². The SMILES string of the molecule is CC(C)CN(CC(C)C)c1cccc(Cl)c1[N+](=O)[O-]. The van der Waals surface area contributed by atoms with E-state index in [4.69, 9.17) is 11.6 Å². The Morgan fingerprint density at radius 1 is 1.21 bits per heavy atom. The number of rotatable bonds is 6. The molecule has 0 heterocycles. The highest BCUT2D eigenvalue weighted by Gasteiger charge is 2.23. The molecule has 0 aromatic heterocycles. The molecule has 0 aliphatic heterocycles. The van der Waals surface area contributed by atoms with Gasteiger partial charge in [-0.25, -0.2) is 0 Å². The molecule has 0 N–H and O–H groups in total. The molecule has 0 amide bonds. The highest BCUT2D eigenvalue weighted by atomic mass is 35.5. The van der Waals surface area contributed by atoms with E-state index in [1.165, 1.54) is 0 Å². The first-order valence-corrected chi connectivity index (χ1v) is 6.88. The number of nitrogens with zero attached hydrogens (tertiary/aromatic N) is 2. The third-order valence-electron chi connectivity index (χ3n) is 2.66. The number of halogens is 1. The lowest BCUT2D eigenvalue weighted by Gasteiger charge is -2.28. The lowest BCUT2D eigenvalue weighted by atomic mass is 10.1. The number of hydrogen-bond donors (Lipinski definition) is 0. The zero-order valence-electron chi connectivity index (χ0n) is 11.9. The Morgan fingerprint density at radius 2 is 1.74 bits per heavy atom. The van der Waals surface area contributed by atoms with Crippen LogP contribution in [0.15, 0.2) is 18.2 Å². The number of nitro groups is 1. The molecule has 19 heavy (non-hydrogen) atoms. The second-order valence-corrected chi connectivity index (χ2v) is 5.96. The third-order valence-corrected chi connectivity index (χ3v) is 2.96. The van der Waals surface area contributed by atoms with Crippen molar-refractivity contribution in [3.8, 4) is 0 Å². The molecular weight excluding hydrogens is 264 g/mol. The summed E-state index contributed by atoms with van der Waals surface area (Å²) in [6, 6.07) is 5.10. The smallest absolute Gasteiger partial charge is 0.310 e. The van der Waals surface area contributed by atoms with Crippen molar-refractivity contribution < 1.29 is 4.92 Å². The second-order valence-electron chi connectivity index (χ2n) is 5.56.